The lowest BCUT2D eigenvalue weighted by atomic mass is 9.96. The van der Waals surface area contributed by atoms with Crippen LogP contribution in [-0.4, -0.2) is 64.0 Å². The fourth-order valence-corrected chi connectivity index (χ4v) is 6.79. The molecule has 1 saturated heterocycles. The van der Waals surface area contributed by atoms with Crippen LogP contribution >= 0.6 is 0 Å². The van der Waals surface area contributed by atoms with E-state index in [0.29, 0.717) is 37.6 Å². The van der Waals surface area contributed by atoms with E-state index in [1.165, 1.54) is 22.5 Å². The molecule has 0 unspecified atom stereocenters. The predicted molar refractivity (Wildman–Crippen MR) is 162 cm³/mol. The molecule has 0 atom stereocenters. The molecule has 0 N–H and O–H groups in total. The molecule has 1 aliphatic heterocycles. The molecule has 0 bridgehead atoms. The first-order valence-corrected chi connectivity index (χ1v) is 15.2. The zero-order valence-electron chi connectivity index (χ0n) is 23.4. The van der Waals surface area contributed by atoms with E-state index < -0.39 is 10.0 Å². The van der Waals surface area contributed by atoms with Gasteiger partial charge in [0.05, 0.1) is 23.7 Å². The van der Waals surface area contributed by atoms with Crippen molar-refractivity contribution >= 4 is 21.6 Å². The average molecular weight is 570 g/mol. The third kappa shape index (κ3) is 6.29. The van der Waals surface area contributed by atoms with Crippen LogP contribution in [0.2, 0.25) is 0 Å². The monoisotopic (exact) mass is 569 g/mol. The summed E-state index contributed by atoms with van der Waals surface area (Å²) < 4.78 is 34.5. The first-order chi connectivity index (χ1) is 19.9. The van der Waals surface area contributed by atoms with Gasteiger partial charge in [-0.15, -0.1) is 0 Å². The Kier molecular flexibility index (Phi) is 8.71. The molecule has 0 aromatic heterocycles. The number of hydrogen-bond donors (Lipinski definition) is 0. The second-order valence-electron chi connectivity index (χ2n) is 10.1. The number of ether oxygens (including phenoxy) is 1. The molecular formula is C33H35N3O4S. The molecule has 0 radical (unpaired) electrons. The van der Waals surface area contributed by atoms with Gasteiger partial charge in [-0.3, -0.25) is 14.0 Å². The highest BCUT2D eigenvalue weighted by molar-refractivity contribution is 7.92. The minimum atomic E-state index is -4.04. The van der Waals surface area contributed by atoms with Crippen molar-refractivity contribution in [2.45, 2.75) is 17.9 Å². The number of carbonyl (C=O) groups excluding carboxylic acids is 1. The minimum Gasteiger partial charge on any atom is -0.495 e. The van der Waals surface area contributed by atoms with Crippen molar-refractivity contribution in [2.75, 3.05) is 44.1 Å². The van der Waals surface area contributed by atoms with Crippen LogP contribution in [0.25, 0.3) is 0 Å². The summed E-state index contributed by atoms with van der Waals surface area (Å²) in [5, 5.41) is 0. The van der Waals surface area contributed by atoms with Crippen LogP contribution < -0.4 is 9.04 Å². The van der Waals surface area contributed by atoms with Crippen molar-refractivity contribution in [3.05, 3.63) is 126 Å². The van der Waals surface area contributed by atoms with Crippen molar-refractivity contribution in [3.63, 3.8) is 0 Å². The maximum absolute atomic E-state index is 13.9. The number of methoxy groups -OCH3 is 1. The van der Waals surface area contributed by atoms with Gasteiger partial charge in [-0.2, -0.15) is 0 Å². The van der Waals surface area contributed by atoms with E-state index in [1.807, 2.05) is 49.4 Å². The Morgan fingerprint density at radius 3 is 1.88 bits per heavy atom. The molecule has 1 fully saturated rings. The van der Waals surface area contributed by atoms with Crippen molar-refractivity contribution in [1.29, 1.82) is 0 Å². The van der Waals surface area contributed by atoms with E-state index >= 15 is 0 Å². The predicted octanol–water partition coefficient (Wildman–Crippen LogP) is 5.13. The average Bonchev–Trinajstić information content (AvgIpc) is 3.01. The molecule has 1 aliphatic rings. The topological polar surface area (TPSA) is 70.2 Å². The molecule has 0 aliphatic carbocycles. The standard InChI is InChI=1S/C33H35N3O4S/c1-26-18-19-31(40-2)30(24-26)36(41(38,39)29-16-10-5-11-17-29)25-32(37)34-20-22-35(23-21-34)33(27-12-6-3-7-13-27)28-14-8-4-9-15-28/h3-19,24,33H,20-23,25H2,1-2H3. The van der Waals surface area contributed by atoms with Gasteiger partial charge < -0.3 is 9.64 Å². The van der Waals surface area contributed by atoms with Gasteiger partial charge in [-0.25, -0.2) is 8.42 Å². The zero-order valence-corrected chi connectivity index (χ0v) is 24.2. The molecule has 0 saturated carbocycles. The van der Waals surface area contributed by atoms with Crippen molar-refractivity contribution in [2.24, 2.45) is 0 Å². The van der Waals surface area contributed by atoms with Gasteiger partial charge in [0.25, 0.3) is 10.0 Å². The number of piperazine rings is 1. The Labute approximate surface area is 242 Å². The van der Waals surface area contributed by atoms with E-state index in [4.69, 9.17) is 4.74 Å². The van der Waals surface area contributed by atoms with E-state index in [0.717, 1.165) is 5.56 Å². The van der Waals surface area contributed by atoms with E-state index in [2.05, 4.69) is 29.2 Å². The summed E-state index contributed by atoms with van der Waals surface area (Å²) >= 11 is 0. The summed E-state index contributed by atoms with van der Waals surface area (Å²) in [7, 11) is -2.54. The number of benzene rings is 4. The van der Waals surface area contributed by atoms with Crippen LogP contribution in [-0.2, 0) is 14.8 Å². The normalized spacial score (nSPS) is 14.2. The largest absolute Gasteiger partial charge is 0.495 e. The lowest BCUT2D eigenvalue weighted by Crippen LogP contribution is -2.52. The Balaban J connectivity index is 1.38. The van der Waals surface area contributed by atoms with Crippen molar-refractivity contribution in [1.82, 2.24) is 9.80 Å². The SMILES string of the molecule is COc1ccc(C)cc1N(CC(=O)N1CCN(C(c2ccccc2)c2ccccc2)CC1)S(=O)(=O)c1ccccc1. The maximum atomic E-state index is 13.9. The van der Waals surface area contributed by atoms with Crippen LogP contribution in [0.3, 0.4) is 0 Å². The number of anilines is 1. The Bertz CT molecular complexity index is 1520. The Morgan fingerprint density at radius 1 is 0.805 bits per heavy atom. The van der Waals surface area contributed by atoms with Gasteiger partial charge >= 0.3 is 0 Å². The number of aryl methyl sites for hydroxylation is 1. The van der Waals surface area contributed by atoms with Crippen LogP contribution in [0.15, 0.2) is 114 Å². The number of nitrogens with zero attached hydrogens (tertiary/aromatic N) is 3. The van der Waals surface area contributed by atoms with E-state index in [1.54, 1.807) is 47.4 Å². The van der Waals surface area contributed by atoms with Gasteiger partial charge in [-0.05, 0) is 47.9 Å². The molecule has 0 spiro atoms. The highest BCUT2D eigenvalue weighted by Gasteiger charge is 2.33. The lowest BCUT2D eigenvalue weighted by molar-refractivity contribution is -0.131. The number of amides is 1. The fourth-order valence-electron chi connectivity index (χ4n) is 5.35. The highest BCUT2D eigenvalue weighted by Crippen LogP contribution is 2.34. The quantitative estimate of drug-likeness (QED) is 0.280. The van der Waals surface area contributed by atoms with Crippen LogP contribution in [0.4, 0.5) is 5.69 Å². The van der Waals surface area contributed by atoms with Crippen molar-refractivity contribution < 1.29 is 17.9 Å². The molecule has 1 heterocycles. The van der Waals surface area contributed by atoms with Gasteiger partial charge in [0, 0.05) is 26.2 Å². The molecule has 8 heteroatoms. The van der Waals surface area contributed by atoms with E-state index in [9.17, 15) is 13.2 Å². The summed E-state index contributed by atoms with van der Waals surface area (Å²) in [6, 6.07) is 34.4. The number of sulfonamides is 1. The molecule has 4 aromatic carbocycles. The summed E-state index contributed by atoms with van der Waals surface area (Å²) in [6.45, 7) is 3.89. The van der Waals surface area contributed by atoms with Gasteiger partial charge in [-0.1, -0.05) is 84.9 Å². The molecule has 5 rings (SSSR count). The van der Waals surface area contributed by atoms with Gasteiger partial charge in [0.15, 0.2) is 0 Å². The zero-order chi connectivity index (χ0) is 28.8. The Morgan fingerprint density at radius 2 is 1.34 bits per heavy atom. The Hall–Kier alpha value is -4.14. The van der Waals surface area contributed by atoms with Gasteiger partial charge in [0.1, 0.15) is 12.3 Å². The third-order valence-corrected chi connectivity index (χ3v) is 9.25. The summed E-state index contributed by atoms with van der Waals surface area (Å²) in [5.41, 5.74) is 3.61. The summed E-state index contributed by atoms with van der Waals surface area (Å²) in [4.78, 5) is 18.0. The van der Waals surface area contributed by atoms with Crippen LogP contribution in [0.1, 0.15) is 22.7 Å². The fraction of sp³-hybridized carbons (Fsp3) is 0.242. The summed E-state index contributed by atoms with van der Waals surface area (Å²) in [6.07, 6.45) is 0. The number of hydrogen-bond acceptors (Lipinski definition) is 5. The van der Waals surface area contributed by atoms with Gasteiger partial charge in [0.2, 0.25) is 5.91 Å². The first-order valence-electron chi connectivity index (χ1n) is 13.7. The lowest BCUT2D eigenvalue weighted by Gasteiger charge is -2.40. The maximum Gasteiger partial charge on any atom is 0.264 e. The molecular weight excluding hydrogens is 534 g/mol. The number of carbonyl (C=O) groups is 1. The second-order valence-corrected chi connectivity index (χ2v) is 12.0. The molecule has 41 heavy (non-hydrogen) atoms. The van der Waals surface area contributed by atoms with E-state index in [-0.39, 0.29) is 23.4 Å². The smallest absolute Gasteiger partial charge is 0.264 e. The first kappa shape index (κ1) is 28.4. The molecule has 4 aromatic rings. The van der Waals surface area contributed by atoms with Crippen LogP contribution in [0.5, 0.6) is 5.75 Å². The third-order valence-electron chi connectivity index (χ3n) is 7.48. The molecule has 1 amide bonds. The van der Waals surface area contributed by atoms with Crippen LogP contribution in [0, 0.1) is 6.92 Å². The summed E-state index contributed by atoms with van der Waals surface area (Å²) in [5.74, 6) is 0.143. The number of rotatable bonds is 9. The molecule has 7 nitrogen and oxygen atoms in total. The molecule has 212 valence electrons. The highest BCUT2D eigenvalue weighted by atomic mass is 32.2. The van der Waals surface area contributed by atoms with Crippen molar-refractivity contribution in [3.8, 4) is 5.75 Å². The minimum absolute atomic E-state index is 0.0705. The second kappa shape index (κ2) is 12.6.